The normalized spacial score (nSPS) is 25.4. The maximum absolute atomic E-state index is 12.8. The van der Waals surface area contributed by atoms with Crippen LogP contribution in [0.1, 0.15) is 20.3 Å². The van der Waals surface area contributed by atoms with Crippen LogP contribution in [0.15, 0.2) is 0 Å². The molecule has 1 N–H and O–H groups in total. The fourth-order valence-electron chi connectivity index (χ4n) is 1.59. The lowest BCUT2D eigenvalue weighted by molar-refractivity contribution is -0.162. The van der Waals surface area contributed by atoms with Crippen molar-refractivity contribution in [3.05, 3.63) is 0 Å². The minimum Gasteiger partial charge on any atom is -0.366 e. The van der Waals surface area contributed by atoms with Gasteiger partial charge in [0.2, 0.25) is 10.4 Å². The first-order valence-corrected chi connectivity index (χ1v) is 7.32. The van der Waals surface area contributed by atoms with Gasteiger partial charge < -0.3 is 10.1 Å². The third kappa shape index (κ3) is 5.23. The molecule has 0 aromatic carbocycles. The molecule has 1 aliphatic rings. The summed E-state index contributed by atoms with van der Waals surface area (Å²) >= 11 is 1.72. The van der Waals surface area contributed by atoms with E-state index in [9.17, 15) is 22.8 Å². The Labute approximate surface area is 117 Å². The number of amides is 1. The summed E-state index contributed by atoms with van der Waals surface area (Å²) in [5, 5.41) is 1.26. The van der Waals surface area contributed by atoms with E-state index >= 15 is 0 Å². The standard InChI is InChI=1S/C10H14F3NO3S2/c1-3-17-8-6(18-9(16)19-8)4-7(10(11,12)13)14-5(2)15/h6-8H,3-4H2,1-2H3,(H,14,15)/t6-,7?,8+/m1/s1. The zero-order valence-electron chi connectivity index (χ0n) is 10.3. The first-order valence-electron chi connectivity index (χ1n) is 5.56. The fraction of sp³-hybridized carbons (Fsp3) is 0.800. The van der Waals surface area contributed by atoms with Crippen molar-refractivity contribution in [3.63, 3.8) is 0 Å². The highest BCUT2D eigenvalue weighted by Gasteiger charge is 2.45. The van der Waals surface area contributed by atoms with E-state index in [4.69, 9.17) is 4.74 Å². The average Bonchev–Trinajstić information content (AvgIpc) is 2.56. The Morgan fingerprint density at radius 2 is 2.11 bits per heavy atom. The smallest absolute Gasteiger partial charge is 0.366 e. The van der Waals surface area contributed by atoms with Crippen molar-refractivity contribution in [2.24, 2.45) is 0 Å². The van der Waals surface area contributed by atoms with Crippen molar-refractivity contribution in [1.29, 1.82) is 0 Å². The summed E-state index contributed by atoms with van der Waals surface area (Å²) in [6.45, 7) is 3.05. The summed E-state index contributed by atoms with van der Waals surface area (Å²) in [4.78, 5) is 22.1. The SMILES string of the molecule is CCO[C@H]1SC(=O)S[C@@H]1CC(NC(C)=O)C(F)(F)F. The molecular formula is C10H14F3NO3S2. The van der Waals surface area contributed by atoms with Gasteiger partial charge in [-0.2, -0.15) is 13.2 Å². The molecule has 1 aliphatic heterocycles. The van der Waals surface area contributed by atoms with Gasteiger partial charge in [0.1, 0.15) is 11.5 Å². The number of nitrogens with one attached hydrogen (secondary N) is 1. The molecule has 0 saturated carbocycles. The molecule has 0 aromatic rings. The molecule has 1 fully saturated rings. The van der Waals surface area contributed by atoms with Crippen LogP contribution in [0.2, 0.25) is 0 Å². The molecule has 19 heavy (non-hydrogen) atoms. The van der Waals surface area contributed by atoms with Gasteiger partial charge in [-0.05, 0) is 25.1 Å². The molecule has 9 heteroatoms. The lowest BCUT2D eigenvalue weighted by Crippen LogP contribution is -2.47. The molecule has 4 nitrogen and oxygen atoms in total. The second kappa shape index (κ2) is 6.85. The van der Waals surface area contributed by atoms with Gasteiger partial charge in [0.25, 0.3) is 0 Å². The monoisotopic (exact) mass is 317 g/mol. The molecule has 1 amide bonds. The predicted octanol–water partition coefficient (Wildman–Crippen LogP) is 2.77. The van der Waals surface area contributed by atoms with Crippen molar-refractivity contribution in [1.82, 2.24) is 5.32 Å². The number of carbonyl (C=O) groups is 2. The highest BCUT2D eigenvalue weighted by atomic mass is 32.2. The van der Waals surface area contributed by atoms with Crippen molar-refractivity contribution >= 4 is 33.9 Å². The molecule has 3 atom stereocenters. The van der Waals surface area contributed by atoms with Crippen LogP contribution in [-0.2, 0) is 9.53 Å². The number of carbonyl (C=O) groups excluding carboxylic acids is 2. The van der Waals surface area contributed by atoms with Crippen LogP contribution in [0.5, 0.6) is 0 Å². The lowest BCUT2D eigenvalue weighted by Gasteiger charge is -2.25. The molecule has 1 unspecified atom stereocenters. The number of hydrogen-bond donors (Lipinski definition) is 1. The van der Waals surface area contributed by atoms with Crippen LogP contribution in [0.4, 0.5) is 18.0 Å². The summed E-state index contributed by atoms with van der Waals surface area (Å²) in [7, 11) is 0. The zero-order chi connectivity index (χ0) is 14.6. The van der Waals surface area contributed by atoms with E-state index in [2.05, 4.69) is 0 Å². The number of alkyl halides is 3. The Bertz CT molecular complexity index is 351. The molecule has 0 spiro atoms. The van der Waals surface area contributed by atoms with Gasteiger partial charge in [-0.1, -0.05) is 11.8 Å². The number of rotatable bonds is 5. The summed E-state index contributed by atoms with van der Waals surface area (Å²) in [5.41, 5.74) is -0.596. The predicted molar refractivity (Wildman–Crippen MR) is 68.1 cm³/mol. The Kier molecular flexibility index (Phi) is 6.00. The highest BCUT2D eigenvalue weighted by Crippen LogP contribution is 2.43. The van der Waals surface area contributed by atoms with Crippen molar-refractivity contribution in [2.45, 2.75) is 43.2 Å². The summed E-state index contributed by atoms with van der Waals surface area (Å²) in [6, 6.07) is -1.96. The van der Waals surface area contributed by atoms with Crippen molar-refractivity contribution < 1.29 is 27.5 Å². The van der Waals surface area contributed by atoms with E-state index in [0.717, 1.165) is 30.4 Å². The second-order valence-electron chi connectivity index (χ2n) is 3.88. The topological polar surface area (TPSA) is 55.4 Å². The van der Waals surface area contributed by atoms with Crippen LogP contribution in [0.25, 0.3) is 0 Å². The maximum Gasteiger partial charge on any atom is 0.408 e. The molecule has 0 aromatic heterocycles. The van der Waals surface area contributed by atoms with Crippen LogP contribution in [0.3, 0.4) is 0 Å². The Hall–Kier alpha value is -0.410. The first-order chi connectivity index (χ1) is 8.74. The fourth-order valence-corrected chi connectivity index (χ4v) is 4.19. The Morgan fingerprint density at radius 1 is 1.47 bits per heavy atom. The van der Waals surface area contributed by atoms with Gasteiger partial charge in [-0.25, -0.2) is 0 Å². The Morgan fingerprint density at radius 3 is 2.58 bits per heavy atom. The van der Waals surface area contributed by atoms with Gasteiger partial charge in [-0.3, -0.25) is 9.59 Å². The van der Waals surface area contributed by atoms with E-state index in [1.165, 1.54) is 0 Å². The molecule has 0 radical (unpaired) electrons. The largest absolute Gasteiger partial charge is 0.408 e. The third-order valence-corrected chi connectivity index (χ3v) is 4.91. The average molecular weight is 317 g/mol. The molecular weight excluding hydrogens is 303 g/mol. The van der Waals surface area contributed by atoms with E-state index in [0.29, 0.717) is 6.61 Å². The second-order valence-corrected chi connectivity index (χ2v) is 6.42. The van der Waals surface area contributed by atoms with E-state index in [-0.39, 0.29) is 10.9 Å². The molecule has 1 rings (SSSR count). The minimum absolute atomic E-state index is 0.257. The van der Waals surface area contributed by atoms with Crippen LogP contribution in [-0.4, -0.2) is 39.9 Å². The van der Waals surface area contributed by atoms with E-state index < -0.39 is 28.8 Å². The van der Waals surface area contributed by atoms with Gasteiger partial charge in [-0.15, -0.1) is 0 Å². The molecule has 1 heterocycles. The number of halogens is 3. The Balaban J connectivity index is 2.71. The lowest BCUT2D eigenvalue weighted by atomic mass is 10.1. The van der Waals surface area contributed by atoms with Crippen LogP contribution < -0.4 is 5.32 Å². The van der Waals surface area contributed by atoms with E-state index in [1.54, 1.807) is 6.92 Å². The summed E-state index contributed by atoms with van der Waals surface area (Å²) in [5.74, 6) is -0.753. The van der Waals surface area contributed by atoms with Gasteiger partial charge in [0, 0.05) is 13.5 Å². The number of thioether (sulfide) groups is 2. The quantitative estimate of drug-likeness (QED) is 0.845. The number of hydrogen-bond acceptors (Lipinski definition) is 5. The highest BCUT2D eigenvalue weighted by molar-refractivity contribution is 8.41. The van der Waals surface area contributed by atoms with Crippen molar-refractivity contribution in [3.8, 4) is 0 Å². The summed E-state index contributed by atoms with van der Waals surface area (Å²) < 4.78 is 43.4. The first kappa shape index (κ1) is 16.6. The molecule has 0 aliphatic carbocycles. The molecule has 0 bridgehead atoms. The minimum atomic E-state index is -4.54. The maximum atomic E-state index is 12.8. The van der Waals surface area contributed by atoms with Crippen molar-refractivity contribution in [2.75, 3.05) is 6.61 Å². The molecule has 1 saturated heterocycles. The zero-order valence-corrected chi connectivity index (χ0v) is 12.0. The third-order valence-electron chi connectivity index (χ3n) is 2.34. The van der Waals surface area contributed by atoms with Crippen LogP contribution in [0, 0.1) is 0 Å². The summed E-state index contributed by atoms with van der Waals surface area (Å²) in [6.07, 6.45) is -4.92. The van der Waals surface area contributed by atoms with Gasteiger partial charge >= 0.3 is 6.18 Å². The van der Waals surface area contributed by atoms with Crippen LogP contribution >= 0.6 is 23.5 Å². The molecule has 110 valence electrons. The van der Waals surface area contributed by atoms with Gasteiger partial charge in [0.15, 0.2) is 0 Å². The van der Waals surface area contributed by atoms with Gasteiger partial charge in [0.05, 0.1) is 5.25 Å². The van der Waals surface area contributed by atoms with E-state index in [1.807, 2.05) is 5.32 Å². The number of ether oxygens (including phenoxy) is 1.